The van der Waals surface area contributed by atoms with Crippen molar-refractivity contribution < 1.29 is 0 Å². The van der Waals surface area contributed by atoms with Crippen molar-refractivity contribution in [3.63, 3.8) is 0 Å². The molecular weight excluding hydrogens is 145 g/mol. The summed E-state index contributed by atoms with van der Waals surface area (Å²) in [4.78, 5) is 4.10. The molecule has 0 N–H and O–H groups in total. The normalized spacial score (nSPS) is 10.8. The van der Waals surface area contributed by atoms with Crippen molar-refractivity contribution in [2.24, 2.45) is 0 Å². The minimum atomic E-state index is 0.523. The summed E-state index contributed by atoms with van der Waals surface area (Å²) in [6, 6.07) is 0. The number of aromatic nitrogens is 1. The maximum Gasteiger partial charge on any atom is 0.142 e. The first-order chi connectivity index (χ1) is 5.54. The van der Waals surface area contributed by atoms with Gasteiger partial charge < -0.3 is 0 Å². The van der Waals surface area contributed by atoms with Crippen LogP contribution in [0.5, 0.6) is 0 Å². The SMILES string of the molecule is [B]c1ncc(C)c(C(C)C)c1C. The first-order valence-corrected chi connectivity index (χ1v) is 4.25. The van der Waals surface area contributed by atoms with Crippen LogP contribution in [-0.4, -0.2) is 12.8 Å². The van der Waals surface area contributed by atoms with Gasteiger partial charge in [0.25, 0.3) is 0 Å². The van der Waals surface area contributed by atoms with Gasteiger partial charge in [0.1, 0.15) is 7.85 Å². The molecule has 0 bridgehead atoms. The number of rotatable bonds is 1. The Labute approximate surface area is 75.6 Å². The van der Waals surface area contributed by atoms with Gasteiger partial charge in [-0.2, -0.15) is 0 Å². The van der Waals surface area contributed by atoms with Crippen molar-refractivity contribution in [1.82, 2.24) is 4.98 Å². The summed E-state index contributed by atoms with van der Waals surface area (Å²) in [5.74, 6) is 0.523. The monoisotopic (exact) mass is 159 g/mol. The van der Waals surface area contributed by atoms with Crippen LogP contribution in [0.15, 0.2) is 6.20 Å². The summed E-state index contributed by atoms with van der Waals surface area (Å²) in [7, 11) is 5.72. The number of hydrogen-bond acceptors (Lipinski definition) is 1. The second kappa shape index (κ2) is 3.30. The fourth-order valence-electron chi connectivity index (χ4n) is 1.65. The molecule has 0 aliphatic rings. The van der Waals surface area contributed by atoms with Crippen LogP contribution in [0.2, 0.25) is 0 Å². The molecule has 0 aliphatic heterocycles. The van der Waals surface area contributed by atoms with Crippen molar-refractivity contribution in [3.8, 4) is 0 Å². The molecule has 0 fully saturated rings. The molecule has 0 unspecified atom stereocenters. The second-order valence-electron chi connectivity index (χ2n) is 3.52. The molecule has 12 heavy (non-hydrogen) atoms. The molecule has 0 aliphatic carbocycles. The average molecular weight is 159 g/mol. The summed E-state index contributed by atoms with van der Waals surface area (Å²) in [5.41, 5.74) is 4.36. The Kier molecular flexibility index (Phi) is 2.56. The number of aryl methyl sites for hydroxylation is 1. The van der Waals surface area contributed by atoms with E-state index in [0.29, 0.717) is 11.5 Å². The zero-order chi connectivity index (χ0) is 9.30. The van der Waals surface area contributed by atoms with E-state index in [2.05, 4.69) is 25.8 Å². The molecule has 0 atom stereocenters. The van der Waals surface area contributed by atoms with Crippen molar-refractivity contribution in [3.05, 3.63) is 22.9 Å². The van der Waals surface area contributed by atoms with Crippen LogP contribution in [-0.2, 0) is 0 Å². The van der Waals surface area contributed by atoms with Crippen LogP contribution in [0.4, 0.5) is 0 Å². The average Bonchev–Trinajstić information content (AvgIpc) is 1.97. The Bertz CT molecular complexity index is 292. The predicted octanol–water partition coefficient (Wildman–Crippen LogP) is 1.62. The van der Waals surface area contributed by atoms with Gasteiger partial charge in [-0.15, -0.1) is 0 Å². The van der Waals surface area contributed by atoms with E-state index in [0.717, 1.165) is 5.56 Å². The van der Waals surface area contributed by atoms with Gasteiger partial charge in [0.2, 0.25) is 0 Å². The highest BCUT2D eigenvalue weighted by Gasteiger charge is 2.08. The minimum Gasteiger partial charge on any atom is -0.272 e. The highest BCUT2D eigenvalue weighted by atomic mass is 14.6. The molecule has 0 saturated carbocycles. The third kappa shape index (κ3) is 1.52. The molecular formula is C10H14BN. The molecule has 2 heteroatoms. The minimum absolute atomic E-state index is 0.523. The van der Waals surface area contributed by atoms with Crippen molar-refractivity contribution in [1.29, 1.82) is 0 Å². The third-order valence-corrected chi connectivity index (χ3v) is 2.19. The van der Waals surface area contributed by atoms with E-state index < -0.39 is 0 Å². The first kappa shape index (κ1) is 9.30. The Hall–Kier alpha value is -0.785. The number of hydrogen-bond donors (Lipinski definition) is 0. The van der Waals surface area contributed by atoms with E-state index in [1.54, 1.807) is 0 Å². The highest BCUT2D eigenvalue weighted by Crippen LogP contribution is 2.20. The van der Waals surface area contributed by atoms with Gasteiger partial charge in [0, 0.05) is 6.20 Å². The van der Waals surface area contributed by atoms with E-state index in [1.165, 1.54) is 11.1 Å². The maximum atomic E-state index is 5.72. The van der Waals surface area contributed by atoms with Gasteiger partial charge in [-0.25, -0.2) is 0 Å². The fraction of sp³-hybridized carbons (Fsp3) is 0.500. The van der Waals surface area contributed by atoms with Crippen LogP contribution in [0.25, 0.3) is 0 Å². The molecule has 0 saturated heterocycles. The van der Waals surface area contributed by atoms with Gasteiger partial charge in [0.05, 0.1) is 0 Å². The van der Waals surface area contributed by atoms with E-state index in [4.69, 9.17) is 7.85 Å². The fourth-order valence-corrected chi connectivity index (χ4v) is 1.65. The maximum absolute atomic E-state index is 5.72. The van der Waals surface area contributed by atoms with Gasteiger partial charge in [-0.1, -0.05) is 13.8 Å². The lowest BCUT2D eigenvalue weighted by Crippen LogP contribution is -2.16. The third-order valence-electron chi connectivity index (χ3n) is 2.19. The van der Waals surface area contributed by atoms with Crippen molar-refractivity contribution in [2.45, 2.75) is 33.6 Å². The largest absolute Gasteiger partial charge is 0.272 e. The topological polar surface area (TPSA) is 12.9 Å². The second-order valence-corrected chi connectivity index (χ2v) is 3.52. The number of pyridine rings is 1. The molecule has 0 spiro atoms. The molecule has 1 aromatic rings. The quantitative estimate of drug-likeness (QED) is 0.567. The van der Waals surface area contributed by atoms with Gasteiger partial charge >= 0.3 is 0 Å². The summed E-state index contributed by atoms with van der Waals surface area (Å²) in [5, 5.41) is 0. The zero-order valence-electron chi connectivity index (χ0n) is 8.18. The van der Waals surface area contributed by atoms with E-state index >= 15 is 0 Å². The molecule has 2 radical (unpaired) electrons. The Morgan fingerprint density at radius 3 is 2.33 bits per heavy atom. The molecule has 1 heterocycles. The van der Waals surface area contributed by atoms with Crippen molar-refractivity contribution in [2.75, 3.05) is 0 Å². The van der Waals surface area contributed by atoms with Gasteiger partial charge in [0.15, 0.2) is 0 Å². The number of nitrogens with zero attached hydrogens (tertiary/aromatic N) is 1. The molecule has 62 valence electrons. The van der Waals surface area contributed by atoms with Gasteiger partial charge in [-0.3, -0.25) is 4.98 Å². The lowest BCUT2D eigenvalue weighted by molar-refractivity contribution is 0.843. The zero-order valence-corrected chi connectivity index (χ0v) is 8.18. The lowest BCUT2D eigenvalue weighted by Gasteiger charge is -2.14. The lowest BCUT2D eigenvalue weighted by atomic mass is 9.88. The molecule has 1 nitrogen and oxygen atoms in total. The molecule has 0 aromatic carbocycles. The van der Waals surface area contributed by atoms with Crippen LogP contribution in [0.1, 0.15) is 36.5 Å². The van der Waals surface area contributed by atoms with E-state index in [9.17, 15) is 0 Å². The summed E-state index contributed by atoms with van der Waals surface area (Å²) in [6.07, 6.45) is 1.84. The Morgan fingerprint density at radius 1 is 1.33 bits per heavy atom. The Morgan fingerprint density at radius 2 is 1.92 bits per heavy atom. The van der Waals surface area contributed by atoms with Gasteiger partial charge in [-0.05, 0) is 42.0 Å². The van der Waals surface area contributed by atoms with Crippen LogP contribution in [0.3, 0.4) is 0 Å². The first-order valence-electron chi connectivity index (χ1n) is 4.25. The van der Waals surface area contributed by atoms with Crippen molar-refractivity contribution >= 4 is 13.4 Å². The predicted molar refractivity (Wildman–Crippen MR) is 53.2 cm³/mol. The summed E-state index contributed by atoms with van der Waals surface area (Å²) >= 11 is 0. The Balaban J connectivity index is 3.33. The molecule has 1 aromatic heterocycles. The summed E-state index contributed by atoms with van der Waals surface area (Å²) in [6.45, 7) is 8.46. The molecule has 1 rings (SSSR count). The van der Waals surface area contributed by atoms with Crippen LogP contribution < -0.4 is 5.59 Å². The summed E-state index contributed by atoms with van der Waals surface area (Å²) < 4.78 is 0. The highest BCUT2D eigenvalue weighted by molar-refractivity contribution is 6.31. The smallest absolute Gasteiger partial charge is 0.142 e. The van der Waals surface area contributed by atoms with Crippen LogP contribution >= 0.6 is 0 Å². The van der Waals surface area contributed by atoms with Crippen LogP contribution in [0, 0.1) is 13.8 Å². The molecule has 0 amide bonds. The van der Waals surface area contributed by atoms with E-state index in [1.807, 2.05) is 13.1 Å². The standard InChI is InChI=1S/C10H14BN/c1-6(2)9-7(3)5-12-10(11)8(9)4/h5-6H,1-4H3. The van der Waals surface area contributed by atoms with E-state index in [-0.39, 0.29) is 0 Å².